The zero-order valence-electron chi connectivity index (χ0n) is 13.0. The lowest BCUT2D eigenvalue weighted by molar-refractivity contribution is 0.551. The van der Waals surface area contributed by atoms with Crippen LogP contribution >= 0.6 is 0 Å². The summed E-state index contributed by atoms with van der Waals surface area (Å²) in [6, 6.07) is 5.64. The Morgan fingerprint density at radius 3 is 2.62 bits per heavy atom. The first-order valence-corrected chi connectivity index (χ1v) is 9.34. The Bertz CT molecular complexity index is 564. The molecule has 0 spiro atoms. The molecule has 0 unspecified atom stereocenters. The first-order valence-electron chi connectivity index (χ1n) is 7.86. The van der Waals surface area contributed by atoms with Gasteiger partial charge in [-0.15, -0.1) is 0 Å². The van der Waals surface area contributed by atoms with Crippen LogP contribution in [0.3, 0.4) is 0 Å². The quantitative estimate of drug-likeness (QED) is 0.761. The fourth-order valence-electron chi connectivity index (χ4n) is 2.87. The van der Waals surface area contributed by atoms with Gasteiger partial charge < -0.3 is 5.32 Å². The molecular weight excluding hydrogens is 284 g/mol. The summed E-state index contributed by atoms with van der Waals surface area (Å²) < 4.78 is 28.0. The lowest BCUT2D eigenvalue weighted by Crippen LogP contribution is -2.33. The van der Waals surface area contributed by atoms with Crippen molar-refractivity contribution in [3.63, 3.8) is 0 Å². The number of nitrogens with one attached hydrogen (secondary N) is 2. The second-order valence-corrected chi connectivity index (χ2v) is 7.50. The molecule has 0 radical (unpaired) electrons. The SMILES string of the molecule is CCCNCc1cccc(S(=O)(=O)NC2CCCC2)c1C. The monoisotopic (exact) mass is 310 g/mol. The van der Waals surface area contributed by atoms with E-state index in [2.05, 4.69) is 17.0 Å². The van der Waals surface area contributed by atoms with Crippen molar-refractivity contribution in [2.75, 3.05) is 6.54 Å². The van der Waals surface area contributed by atoms with E-state index >= 15 is 0 Å². The third kappa shape index (κ3) is 4.28. The van der Waals surface area contributed by atoms with Crippen LogP contribution in [0.5, 0.6) is 0 Å². The predicted octanol–water partition coefficient (Wildman–Crippen LogP) is 2.72. The summed E-state index contributed by atoms with van der Waals surface area (Å²) in [7, 11) is -3.41. The summed E-state index contributed by atoms with van der Waals surface area (Å²) in [5, 5.41) is 3.33. The smallest absolute Gasteiger partial charge is 0.241 e. The van der Waals surface area contributed by atoms with Gasteiger partial charge >= 0.3 is 0 Å². The summed E-state index contributed by atoms with van der Waals surface area (Å²) in [4.78, 5) is 0.421. The van der Waals surface area contributed by atoms with Gasteiger partial charge in [-0.25, -0.2) is 13.1 Å². The highest BCUT2D eigenvalue weighted by molar-refractivity contribution is 7.89. The fraction of sp³-hybridized carbons (Fsp3) is 0.625. The van der Waals surface area contributed by atoms with Crippen LogP contribution in [0.15, 0.2) is 23.1 Å². The third-order valence-corrected chi connectivity index (χ3v) is 5.77. The number of benzene rings is 1. The van der Waals surface area contributed by atoms with Gasteiger partial charge in [0.25, 0.3) is 0 Å². The Morgan fingerprint density at radius 2 is 1.95 bits per heavy atom. The number of hydrogen-bond acceptors (Lipinski definition) is 3. The number of hydrogen-bond donors (Lipinski definition) is 2. The summed E-state index contributed by atoms with van der Waals surface area (Å²) >= 11 is 0. The number of rotatable bonds is 7. The molecule has 0 atom stereocenters. The van der Waals surface area contributed by atoms with Gasteiger partial charge in [-0.2, -0.15) is 0 Å². The number of sulfonamides is 1. The van der Waals surface area contributed by atoms with E-state index in [0.29, 0.717) is 11.4 Å². The van der Waals surface area contributed by atoms with Crippen molar-refractivity contribution in [2.45, 2.75) is 63.4 Å². The van der Waals surface area contributed by atoms with Gasteiger partial charge in [-0.1, -0.05) is 31.9 Å². The molecule has 0 aromatic heterocycles. The molecular formula is C16H26N2O2S. The van der Waals surface area contributed by atoms with Gasteiger partial charge in [-0.3, -0.25) is 0 Å². The molecule has 118 valence electrons. The first kappa shape index (κ1) is 16.5. The van der Waals surface area contributed by atoms with Crippen LogP contribution in [0, 0.1) is 6.92 Å². The molecule has 1 aromatic carbocycles. The van der Waals surface area contributed by atoms with Gasteiger partial charge in [0, 0.05) is 12.6 Å². The van der Waals surface area contributed by atoms with Gasteiger partial charge in [0.1, 0.15) is 0 Å². The van der Waals surface area contributed by atoms with E-state index < -0.39 is 10.0 Å². The highest BCUT2D eigenvalue weighted by atomic mass is 32.2. The second kappa shape index (κ2) is 7.38. The lowest BCUT2D eigenvalue weighted by Gasteiger charge is -2.16. The maximum atomic E-state index is 12.6. The molecule has 0 amide bonds. The van der Waals surface area contributed by atoms with Crippen LogP contribution in [0.25, 0.3) is 0 Å². The zero-order valence-corrected chi connectivity index (χ0v) is 13.8. The molecule has 2 N–H and O–H groups in total. The van der Waals surface area contributed by atoms with E-state index in [9.17, 15) is 8.42 Å². The van der Waals surface area contributed by atoms with E-state index in [1.165, 1.54) is 0 Å². The summed E-state index contributed by atoms with van der Waals surface area (Å²) in [5.41, 5.74) is 1.91. The van der Waals surface area contributed by atoms with Gasteiger partial charge in [-0.05, 0) is 49.9 Å². The summed E-state index contributed by atoms with van der Waals surface area (Å²) in [5.74, 6) is 0. The van der Waals surface area contributed by atoms with Crippen LogP contribution < -0.4 is 10.0 Å². The highest BCUT2D eigenvalue weighted by Crippen LogP contribution is 2.23. The highest BCUT2D eigenvalue weighted by Gasteiger charge is 2.24. The largest absolute Gasteiger partial charge is 0.313 e. The van der Waals surface area contributed by atoms with Gasteiger partial charge in [0.2, 0.25) is 10.0 Å². The lowest BCUT2D eigenvalue weighted by atomic mass is 10.1. The molecule has 1 aliphatic carbocycles. The van der Waals surface area contributed by atoms with E-state index in [-0.39, 0.29) is 6.04 Å². The molecule has 1 saturated carbocycles. The molecule has 0 aliphatic heterocycles. The van der Waals surface area contributed by atoms with Crippen molar-refractivity contribution < 1.29 is 8.42 Å². The Hall–Kier alpha value is -0.910. The molecule has 0 bridgehead atoms. The van der Waals surface area contributed by atoms with Crippen molar-refractivity contribution >= 4 is 10.0 Å². The average molecular weight is 310 g/mol. The van der Waals surface area contributed by atoms with Crippen molar-refractivity contribution in [3.05, 3.63) is 29.3 Å². The Balaban J connectivity index is 2.16. The van der Waals surface area contributed by atoms with Crippen LogP contribution in [0.4, 0.5) is 0 Å². The van der Waals surface area contributed by atoms with Crippen molar-refractivity contribution in [2.24, 2.45) is 0 Å². The minimum absolute atomic E-state index is 0.108. The van der Waals surface area contributed by atoms with Crippen molar-refractivity contribution in [1.29, 1.82) is 0 Å². The summed E-state index contributed by atoms with van der Waals surface area (Å²) in [6.07, 6.45) is 5.21. The average Bonchev–Trinajstić information content (AvgIpc) is 2.93. The zero-order chi connectivity index (χ0) is 15.3. The Labute approximate surface area is 128 Å². The van der Waals surface area contributed by atoms with E-state index in [1.54, 1.807) is 6.07 Å². The molecule has 1 fully saturated rings. The molecule has 1 aliphatic rings. The predicted molar refractivity (Wildman–Crippen MR) is 85.8 cm³/mol. The van der Waals surface area contributed by atoms with E-state index in [1.807, 2.05) is 19.1 Å². The maximum absolute atomic E-state index is 12.6. The third-order valence-electron chi connectivity index (χ3n) is 4.11. The standard InChI is InChI=1S/C16H26N2O2S/c1-3-11-17-12-14-7-6-10-16(13(14)2)21(19,20)18-15-8-4-5-9-15/h6-7,10,15,17-18H,3-5,8-9,11-12H2,1-2H3. The topological polar surface area (TPSA) is 58.2 Å². The molecule has 1 aromatic rings. The Kier molecular flexibility index (Phi) is 5.79. The maximum Gasteiger partial charge on any atom is 0.241 e. The Morgan fingerprint density at radius 1 is 1.24 bits per heavy atom. The normalized spacial score (nSPS) is 16.5. The minimum Gasteiger partial charge on any atom is -0.313 e. The molecule has 5 heteroatoms. The first-order chi connectivity index (χ1) is 10.0. The van der Waals surface area contributed by atoms with E-state index in [4.69, 9.17) is 0 Å². The molecule has 0 heterocycles. The van der Waals surface area contributed by atoms with Crippen molar-refractivity contribution in [3.8, 4) is 0 Å². The van der Waals surface area contributed by atoms with Crippen LogP contribution in [-0.2, 0) is 16.6 Å². The van der Waals surface area contributed by atoms with Crippen LogP contribution in [0.1, 0.15) is 50.2 Å². The molecule has 21 heavy (non-hydrogen) atoms. The minimum atomic E-state index is -3.41. The molecule has 2 rings (SSSR count). The second-order valence-electron chi connectivity index (χ2n) is 5.82. The van der Waals surface area contributed by atoms with Gasteiger partial charge in [0.15, 0.2) is 0 Å². The fourth-order valence-corrected chi connectivity index (χ4v) is 4.46. The van der Waals surface area contributed by atoms with Gasteiger partial charge in [0.05, 0.1) is 4.90 Å². The van der Waals surface area contributed by atoms with Crippen LogP contribution in [-0.4, -0.2) is 21.0 Å². The summed E-state index contributed by atoms with van der Waals surface area (Å²) in [6.45, 7) is 5.67. The van der Waals surface area contributed by atoms with Crippen LogP contribution in [0.2, 0.25) is 0 Å². The molecule has 4 nitrogen and oxygen atoms in total. The molecule has 0 saturated heterocycles. The van der Waals surface area contributed by atoms with Crippen molar-refractivity contribution in [1.82, 2.24) is 10.0 Å². The van der Waals surface area contributed by atoms with E-state index in [0.717, 1.165) is 49.8 Å².